The molecule has 1 N–H and O–H groups in total. The second kappa shape index (κ2) is 5.39. The minimum Gasteiger partial charge on any atom is -0.493 e. The average Bonchev–Trinajstić information content (AvgIpc) is 2.43. The fourth-order valence-electron chi connectivity index (χ4n) is 2.19. The zero-order chi connectivity index (χ0) is 13.2. The molecule has 0 aliphatic carbocycles. The van der Waals surface area contributed by atoms with Crippen molar-refractivity contribution in [1.29, 1.82) is 0 Å². The van der Waals surface area contributed by atoms with E-state index in [0.717, 1.165) is 28.9 Å². The normalized spacial score (nSPS) is 17.5. The van der Waals surface area contributed by atoms with Crippen LogP contribution in [0.25, 0.3) is 0 Å². The van der Waals surface area contributed by atoms with Gasteiger partial charge in [0.1, 0.15) is 10.9 Å². The van der Waals surface area contributed by atoms with E-state index in [1.165, 1.54) is 5.56 Å². The molecule has 2 aromatic rings. The number of rotatable bonds is 2. The molecule has 0 spiro atoms. The zero-order valence-corrected chi connectivity index (χ0v) is 12.4. The van der Waals surface area contributed by atoms with Crippen molar-refractivity contribution in [2.24, 2.45) is 0 Å². The van der Waals surface area contributed by atoms with Gasteiger partial charge in [-0.05, 0) is 28.1 Å². The minimum absolute atomic E-state index is 0.236. The first-order valence-electron chi connectivity index (χ1n) is 6.03. The van der Waals surface area contributed by atoms with Crippen molar-refractivity contribution >= 4 is 33.2 Å². The van der Waals surface area contributed by atoms with Crippen LogP contribution in [0.15, 0.2) is 41.0 Å². The van der Waals surface area contributed by atoms with E-state index in [0.29, 0.717) is 5.15 Å². The van der Waals surface area contributed by atoms with Crippen LogP contribution in [0.3, 0.4) is 0 Å². The van der Waals surface area contributed by atoms with E-state index >= 15 is 0 Å². The van der Waals surface area contributed by atoms with E-state index in [1.807, 2.05) is 24.3 Å². The number of benzene rings is 1. The molecule has 0 saturated carbocycles. The summed E-state index contributed by atoms with van der Waals surface area (Å²) in [5.74, 6) is 0.951. The number of fused-ring (bicyclic) bond motifs is 1. The van der Waals surface area contributed by atoms with Gasteiger partial charge in [0.15, 0.2) is 0 Å². The van der Waals surface area contributed by atoms with Crippen LogP contribution in [0, 0.1) is 0 Å². The number of para-hydroxylation sites is 1. The predicted molar refractivity (Wildman–Crippen MR) is 79.9 cm³/mol. The monoisotopic (exact) mass is 338 g/mol. The molecule has 1 aliphatic rings. The predicted octanol–water partition coefficient (Wildman–Crippen LogP) is 4.43. The van der Waals surface area contributed by atoms with Gasteiger partial charge in [0, 0.05) is 12.0 Å². The summed E-state index contributed by atoms with van der Waals surface area (Å²) in [6.07, 6.45) is 2.67. The molecule has 0 bridgehead atoms. The molecule has 0 radical (unpaired) electrons. The third kappa shape index (κ3) is 2.69. The number of anilines is 1. The summed E-state index contributed by atoms with van der Waals surface area (Å²) >= 11 is 9.28. The van der Waals surface area contributed by atoms with Crippen molar-refractivity contribution in [1.82, 2.24) is 4.98 Å². The summed E-state index contributed by atoms with van der Waals surface area (Å²) in [6.45, 7) is 0.719. The maximum Gasteiger partial charge on any atom is 0.143 e. The van der Waals surface area contributed by atoms with E-state index in [9.17, 15) is 0 Å². The van der Waals surface area contributed by atoms with Crippen molar-refractivity contribution in [3.05, 3.63) is 51.7 Å². The van der Waals surface area contributed by atoms with Crippen LogP contribution in [0.1, 0.15) is 18.0 Å². The molecule has 19 heavy (non-hydrogen) atoms. The minimum atomic E-state index is 0.236. The molecule has 2 heterocycles. The van der Waals surface area contributed by atoms with Crippen LogP contribution in [-0.4, -0.2) is 11.6 Å². The highest BCUT2D eigenvalue weighted by Crippen LogP contribution is 2.34. The Morgan fingerprint density at radius 1 is 1.37 bits per heavy atom. The van der Waals surface area contributed by atoms with Crippen molar-refractivity contribution in [2.45, 2.75) is 12.5 Å². The van der Waals surface area contributed by atoms with Gasteiger partial charge < -0.3 is 10.1 Å². The summed E-state index contributed by atoms with van der Waals surface area (Å²) in [4.78, 5) is 4.12. The Bertz CT molecular complexity index is 606. The van der Waals surface area contributed by atoms with Crippen molar-refractivity contribution < 1.29 is 4.74 Å². The Balaban J connectivity index is 1.86. The van der Waals surface area contributed by atoms with Crippen LogP contribution in [-0.2, 0) is 0 Å². The number of pyridine rings is 1. The van der Waals surface area contributed by atoms with Gasteiger partial charge >= 0.3 is 0 Å². The molecule has 98 valence electrons. The summed E-state index contributed by atoms with van der Waals surface area (Å²) in [6, 6.07) is 10.3. The molecule has 1 aliphatic heterocycles. The maximum absolute atomic E-state index is 5.90. The second-order valence-corrected chi connectivity index (χ2v) is 5.58. The first kappa shape index (κ1) is 12.8. The Kier molecular flexibility index (Phi) is 3.62. The number of ether oxygens (including phenoxy) is 1. The molecule has 3 nitrogen and oxygen atoms in total. The van der Waals surface area contributed by atoms with Gasteiger partial charge in [0.05, 0.1) is 29.0 Å². The smallest absolute Gasteiger partial charge is 0.143 e. The van der Waals surface area contributed by atoms with Crippen LogP contribution in [0.4, 0.5) is 5.69 Å². The van der Waals surface area contributed by atoms with Gasteiger partial charge in [-0.15, -0.1) is 0 Å². The van der Waals surface area contributed by atoms with Gasteiger partial charge in [0.2, 0.25) is 0 Å². The topological polar surface area (TPSA) is 34.2 Å². The lowest BCUT2D eigenvalue weighted by atomic mass is 10.0. The fraction of sp³-hybridized carbons (Fsp3) is 0.214. The summed E-state index contributed by atoms with van der Waals surface area (Å²) in [5, 5.41) is 3.94. The van der Waals surface area contributed by atoms with E-state index in [4.69, 9.17) is 16.3 Å². The molecule has 1 aromatic heterocycles. The molecule has 0 amide bonds. The number of halogens is 2. The van der Waals surface area contributed by atoms with E-state index in [-0.39, 0.29) is 6.04 Å². The Hall–Kier alpha value is -1.26. The molecular weight excluding hydrogens is 328 g/mol. The first-order chi connectivity index (χ1) is 9.24. The molecule has 1 aromatic carbocycles. The van der Waals surface area contributed by atoms with Crippen molar-refractivity contribution in [2.75, 3.05) is 11.9 Å². The van der Waals surface area contributed by atoms with Crippen LogP contribution >= 0.6 is 27.5 Å². The highest BCUT2D eigenvalue weighted by molar-refractivity contribution is 9.10. The standard InChI is InChI=1S/C14H12BrClN2O/c15-11-7-9(8-17-14(11)16)18-12-5-6-19-13-4-2-1-3-10(12)13/h1-4,7-8,12,18H,5-6H2. The van der Waals surface area contributed by atoms with Gasteiger partial charge in [-0.3, -0.25) is 0 Å². The lowest BCUT2D eigenvalue weighted by Crippen LogP contribution is -2.20. The van der Waals surface area contributed by atoms with Gasteiger partial charge in [0.25, 0.3) is 0 Å². The average molecular weight is 340 g/mol. The highest BCUT2D eigenvalue weighted by atomic mass is 79.9. The number of hydrogen-bond donors (Lipinski definition) is 1. The third-order valence-electron chi connectivity index (χ3n) is 3.10. The Morgan fingerprint density at radius 3 is 3.05 bits per heavy atom. The van der Waals surface area contributed by atoms with Crippen molar-refractivity contribution in [3.8, 4) is 5.75 Å². The lowest BCUT2D eigenvalue weighted by molar-refractivity contribution is 0.274. The largest absolute Gasteiger partial charge is 0.493 e. The number of hydrogen-bond acceptors (Lipinski definition) is 3. The summed E-state index contributed by atoms with van der Waals surface area (Å²) < 4.78 is 6.44. The fourth-order valence-corrected chi connectivity index (χ4v) is 2.65. The van der Waals surface area contributed by atoms with E-state index in [1.54, 1.807) is 6.20 Å². The van der Waals surface area contributed by atoms with Crippen LogP contribution in [0.5, 0.6) is 5.75 Å². The van der Waals surface area contributed by atoms with Gasteiger partial charge in [-0.25, -0.2) is 4.98 Å². The lowest BCUT2D eigenvalue weighted by Gasteiger charge is -2.27. The van der Waals surface area contributed by atoms with E-state index in [2.05, 4.69) is 32.3 Å². The highest BCUT2D eigenvalue weighted by Gasteiger charge is 2.20. The van der Waals surface area contributed by atoms with Crippen LogP contribution < -0.4 is 10.1 Å². The Morgan fingerprint density at radius 2 is 2.21 bits per heavy atom. The zero-order valence-electron chi connectivity index (χ0n) is 10.1. The quantitative estimate of drug-likeness (QED) is 0.822. The SMILES string of the molecule is Clc1ncc(NC2CCOc3ccccc32)cc1Br. The molecule has 0 fully saturated rings. The molecule has 0 saturated heterocycles. The molecule has 5 heteroatoms. The molecule has 3 rings (SSSR count). The Labute approximate surface area is 125 Å². The number of aromatic nitrogens is 1. The third-order valence-corrected chi connectivity index (χ3v) is 4.23. The van der Waals surface area contributed by atoms with E-state index < -0.39 is 0 Å². The molecule has 1 unspecified atom stereocenters. The second-order valence-electron chi connectivity index (χ2n) is 4.37. The summed E-state index contributed by atoms with van der Waals surface area (Å²) in [5.41, 5.74) is 2.12. The van der Waals surface area contributed by atoms with Gasteiger partial charge in [-0.2, -0.15) is 0 Å². The summed E-state index contributed by atoms with van der Waals surface area (Å²) in [7, 11) is 0. The van der Waals surface area contributed by atoms with Crippen LogP contribution in [0.2, 0.25) is 5.15 Å². The molecule has 1 atom stereocenters. The number of nitrogens with one attached hydrogen (secondary N) is 1. The first-order valence-corrected chi connectivity index (χ1v) is 7.20. The van der Waals surface area contributed by atoms with Gasteiger partial charge in [-0.1, -0.05) is 29.8 Å². The van der Waals surface area contributed by atoms with Crippen molar-refractivity contribution in [3.63, 3.8) is 0 Å². The molecular formula is C14H12BrClN2O. The maximum atomic E-state index is 5.90. The number of nitrogens with zero attached hydrogens (tertiary/aromatic N) is 1.